The van der Waals surface area contributed by atoms with E-state index in [1.54, 1.807) is 12.4 Å². The van der Waals surface area contributed by atoms with Crippen LogP contribution in [0.5, 0.6) is 0 Å². The summed E-state index contributed by atoms with van der Waals surface area (Å²) in [7, 11) is 0. The van der Waals surface area contributed by atoms with Crippen LogP contribution in [0.2, 0.25) is 0 Å². The maximum atomic E-state index is 5.73. The smallest absolute Gasteiger partial charge is 0.171 e. The van der Waals surface area contributed by atoms with Gasteiger partial charge in [0, 0.05) is 25.5 Å². The maximum absolute atomic E-state index is 5.73. The molecule has 2 N–H and O–H groups in total. The molecule has 0 aliphatic heterocycles. The first-order chi connectivity index (χ1) is 6.79. The first kappa shape index (κ1) is 10.5. The molecule has 0 unspecified atom stereocenters. The van der Waals surface area contributed by atoms with Crippen LogP contribution in [0, 0.1) is 0 Å². The summed E-state index contributed by atoms with van der Waals surface area (Å²) in [5.41, 5.74) is 5.73. The van der Waals surface area contributed by atoms with Gasteiger partial charge < -0.3 is 10.6 Å². The van der Waals surface area contributed by atoms with Gasteiger partial charge in [-0.05, 0) is 6.42 Å². The second-order valence-corrected chi connectivity index (χ2v) is 3.00. The third kappa shape index (κ3) is 2.45. The van der Waals surface area contributed by atoms with E-state index in [1.165, 1.54) is 0 Å². The van der Waals surface area contributed by atoms with Crippen molar-refractivity contribution in [2.24, 2.45) is 0 Å². The zero-order valence-corrected chi connectivity index (χ0v) is 8.48. The molecule has 1 aromatic rings. The molecule has 76 valence electrons. The molecule has 14 heavy (non-hydrogen) atoms. The molecule has 0 fully saturated rings. The Morgan fingerprint density at radius 3 is 2.79 bits per heavy atom. The number of aromatic nitrogens is 2. The zero-order chi connectivity index (χ0) is 10.4. The number of rotatable bonds is 5. The van der Waals surface area contributed by atoms with Crippen LogP contribution in [0.1, 0.15) is 13.3 Å². The Kier molecular flexibility index (Phi) is 3.91. The lowest BCUT2D eigenvalue weighted by Crippen LogP contribution is -2.26. The molecule has 0 spiro atoms. The second-order valence-electron chi connectivity index (χ2n) is 3.00. The first-order valence-corrected chi connectivity index (χ1v) is 4.72. The molecule has 0 bridgehead atoms. The lowest BCUT2D eigenvalue weighted by atomic mass is 10.4. The highest BCUT2D eigenvalue weighted by Crippen LogP contribution is 2.16. The summed E-state index contributed by atoms with van der Waals surface area (Å²) in [5.74, 6) is 1.22. The van der Waals surface area contributed by atoms with E-state index >= 15 is 0 Å². The van der Waals surface area contributed by atoms with E-state index in [0.29, 0.717) is 5.82 Å². The van der Waals surface area contributed by atoms with Gasteiger partial charge in [0.15, 0.2) is 11.6 Å². The fourth-order valence-electron chi connectivity index (χ4n) is 1.29. The predicted octanol–water partition coefficient (Wildman–Crippen LogP) is 1.46. The predicted molar refractivity (Wildman–Crippen MR) is 59.1 cm³/mol. The van der Waals surface area contributed by atoms with Gasteiger partial charge in [-0.1, -0.05) is 13.0 Å². The van der Waals surface area contributed by atoms with E-state index in [0.717, 1.165) is 25.3 Å². The molecule has 0 radical (unpaired) electrons. The van der Waals surface area contributed by atoms with Crippen LogP contribution in [-0.4, -0.2) is 23.1 Å². The Labute approximate surface area is 84.5 Å². The highest BCUT2D eigenvalue weighted by molar-refractivity contribution is 5.57. The molecule has 1 aromatic heterocycles. The summed E-state index contributed by atoms with van der Waals surface area (Å²) in [4.78, 5) is 10.3. The molecule has 1 heterocycles. The number of hydrogen-bond donors (Lipinski definition) is 1. The van der Waals surface area contributed by atoms with Crippen molar-refractivity contribution in [3.8, 4) is 0 Å². The van der Waals surface area contributed by atoms with Gasteiger partial charge in [-0.2, -0.15) is 0 Å². The fourth-order valence-corrected chi connectivity index (χ4v) is 1.29. The maximum Gasteiger partial charge on any atom is 0.171 e. The minimum Gasteiger partial charge on any atom is -0.381 e. The lowest BCUT2D eigenvalue weighted by molar-refractivity contribution is 0.801. The van der Waals surface area contributed by atoms with Crippen LogP contribution in [0.3, 0.4) is 0 Å². The Hall–Kier alpha value is -1.58. The van der Waals surface area contributed by atoms with Crippen molar-refractivity contribution in [2.45, 2.75) is 13.3 Å². The zero-order valence-electron chi connectivity index (χ0n) is 8.48. The van der Waals surface area contributed by atoms with E-state index < -0.39 is 0 Å². The molecule has 0 atom stereocenters. The number of nitrogens with two attached hydrogens (primary N) is 1. The van der Waals surface area contributed by atoms with Crippen LogP contribution >= 0.6 is 0 Å². The first-order valence-electron chi connectivity index (χ1n) is 4.72. The number of nitrogens with zero attached hydrogens (tertiary/aromatic N) is 3. The second kappa shape index (κ2) is 5.21. The van der Waals surface area contributed by atoms with Crippen molar-refractivity contribution in [3.05, 3.63) is 25.0 Å². The van der Waals surface area contributed by atoms with Crippen molar-refractivity contribution in [2.75, 3.05) is 23.7 Å². The van der Waals surface area contributed by atoms with Crippen molar-refractivity contribution < 1.29 is 0 Å². The minimum absolute atomic E-state index is 0.475. The van der Waals surface area contributed by atoms with Gasteiger partial charge in [0.25, 0.3) is 0 Å². The van der Waals surface area contributed by atoms with Gasteiger partial charge in [-0.25, -0.2) is 9.97 Å². The monoisotopic (exact) mass is 192 g/mol. The molecular weight excluding hydrogens is 176 g/mol. The fraction of sp³-hybridized carbons (Fsp3) is 0.400. The Morgan fingerprint density at radius 1 is 1.50 bits per heavy atom. The summed E-state index contributed by atoms with van der Waals surface area (Å²) in [6.45, 7) is 7.48. The van der Waals surface area contributed by atoms with Crippen LogP contribution < -0.4 is 10.6 Å². The Balaban J connectivity index is 2.86. The van der Waals surface area contributed by atoms with Gasteiger partial charge in [-0.3, -0.25) is 0 Å². The standard InChI is InChI=1S/C10H16N4/c1-3-7-14(8-4-2)10-9(11)12-5-6-13-10/h3,5-6H,1,4,7-8H2,2H3,(H2,11,12). The molecule has 1 rings (SSSR count). The molecule has 0 saturated carbocycles. The molecule has 4 nitrogen and oxygen atoms in total. The third-order valence-corrected chi connectivity index (χ3v) is 1.85. The number of hydrogen-bond acceptors (Lipinski definition) is 4. The Bertz CT molecular complexity index is 298. The van der Waals surface area contributed by atoms with Crippen molar-refractivity contribution in [1.29, 1.82) is 0 Å². The Morgan fingerprint density at radius 2 is 2.21 bits per heavy atom. The average Bonchev–Trinajstić information content (AvgIpc) is 2.18. The van der Waals surface area contributed by atoms with E-state index in [1.807, 2.05) is 6.08 Å². The molecule has 0 aromatic carbocycles. The SMILES string of the molecule is C=CCN(CCC)c1nccnc1N. The van der Waals surface area contributed by atoms with Crippen molar-refractivity contribution >= 4 is 11.6 Å². The summed E-state index contributed by atoms with van der Waals surface area (Å²) in [5, 5.41) is 0. The van der Waals surface area contributed by atoms with Crippen molar-refractivity contribution in [3.63, 3.8) is 0 Å². The average molecular weight is 192 g/mol. The van der Waals surface area contributed by atoms with Gasteiger partial charge in [0.05, 0.1) is 0 Å². The minimum atomic E-state index is 0.475. The quantitative estimate of drug-likeness (QED) is 0.718. The number of nitrogen functional groups attached to an aromatic ring is 1. The summed E-state index contributed by atoms with van der Waals surface area (Å²) >= 11 is 0. The largest absolute Gasteiger partial charge is 0.381 e. The van der Waals surface area contributed by atoms with Gasteiger partial charge in [-0.15, -0.1) is 6.58 Å². The van der Waals surface area contributed by atoms with Crippen molar-refractivity contribution in [1.82, 2.24) is 9.97 Å². The van der Waals surface area contributed by atoms with E-state index in [2.05, 4.69) is 28.4 Å². The molecule has 0 saturated heterocycles. The van der Waals surface area contributed by atoms with Crippen LogP contribution in [0.4, 0.5) is 11.6 Å². The van der Waals surface area contributed by atoms with Crippen LogP contribution in [0.15, 0.2) is 25.0 Å². The third-order valence-electron chi connectivity index (χ3n) is 1.85. The normalized spacial score (nSPS) is 9.79. The molecule has 4 heteroatoms. The van der Waals surface area contributed by atoms with E-state index in [9.17, 15) is 0 Å². The lowest BCUT2D eigenvalue weighted by Gasteiger charge is -2.21. The molecule has 0 aliphatic rings. The summed E-state index contributed by atoms with van der Waals surface area (Å²) in [6, 6.07) is 0. The van der Waals surface area contributed by atoms with Crippen LogP contribution in [0.25, 0.3) is 0 Å². The van der Waals surface area contributed by atoms with Crippen LogP contribution in [-0.2, 0) is 0 Å². The molecular formula is C10H16N4. The van der Waals surface area contributed by atoms with E-state index in [-0.39, 0.29) is 0 Å². The summed E-state index contributed by atoms with van der Waals surface area (Å²) in [6.07, 6.45) is 6.13. The molecule has 0 aliphatic carbocycles. The van der Waals surface area contributed by atoms with Gasteiger partial charge in [0.1, 0.15) is 0 Å². The van der Waals surface area contributed by atoms with Gasteiger partial charge in [0.2, 0.25) is 0 Å². The topological polar surface area (TPSA) is 55.0 Å². The number of anilines is 2. The highest BCUT2D eigenvalue weighted by Gasteiger charge is 2.08. The van der Waals surface area contributed by atoms with Gasteiger partial charge >= 0.3 is 0 Å². The summed E-state index contributed by atoms with van der Waals surface area (Å²) < 4.78 is 0. The highest BCUT2D eigenvalue weighted by atomic mass is 15.2. The van der Waals surface area contributed by atoms with E-state index in [4.69, 9.17) is 5.73 Å². The molecule has 0 amide bonds.